The first-order valence-electron chi connectivity index (χ1n) is 10.0. The summed E-state index contributed by atoms with van der Waals surface area (Å²) < 4.78 is 96.0. The minimum atomic E-state index is -4.94. The molecule has 176 valence electrons. The van der Waals surface area contributed by atoms with E-state index in [-0.39, 0.29) is 39.9 Å². The second-order valence-electron chi connectivity index (χ2n) is 8.36. The third-order valence-electron chi connectivity index (χ3n) is 5.50. The van der Waals surface area contributed by atoms with Crippen molar-refractivity contribution >= 4 is 15.9 Å². The number of allylic oxidation sites excluding steroid dienone is 1. The van der Waals surface area contributed by atoms with Crippen LogP contribution < -0.4 is 0 Å². The Hall–Kier alpha value is -2.30. The van der Waals surface area contributed by atoms with Gasteiger partial charge in [0.15, 0.2) is 21.3 Å². The number of aromatic nitrogens is 3. The van der Waals surface area contributed by atoms with Crippen molar-refractivity contribution in [3.05, 3.63) is 35.8 Å². The minimum absolute atomic E-state index is 0.0138. The molecule has 0 N–H and O–H groups in total. The first kappa shape index (κ1) is 24.3. The normalized spacial score (nSPS) is 16.2. The molecule has 0 atom stereocenters. The lowest BCUT2D eigenvalue weighted by Gasteiger charge is -2.31. The van der Waals surface area contributed by atoms with Gasteiger partial charge in [-0.05, 0) is 56.4 Å². The molecule has 2 aromatic heterocycles. The Morgan fingerprint density at radius 1 is 1.12 bits per heavy atom. The maximum absolute atomic E-state index is 14.0. The lowest BCUT2D eigenvalue weighted by atomic mass is 9.96. The van der Waals surface area contributed by atoms with E-state index in [0.717, 1.165) is 24.6 Å². The third kappa shape index (κ3) is 4.31. The monoisotopic (exact) mass is 477 g/mol. The molecule has 3 rings (SSSR count). The number of imidazole rings is 1. The third-order valence-corrected chi connectivity index (χ3v) is 7.24. The summed E-state index contributed by atoms with van der Waals surface area (Å²) in [5.41, 5.74) is -2.62. The molecule has 1 saturated carbocycles. The molecule has 2 heterocycles. The van der Waals surface area contributed by atoms with Crippen molar-refractivity contribution in [1.82, 2.24) is 14.5 Å². The molecule has 0 aromatic carbocycles. The van der Waals surface area contributed by atoms with E-state index in [1.165, 1.54) is 18.5 Å². The van der Waals surface area contributed by atoms with Crippen LogP contribution in [0.5, 0.6) is 0 Å². The molecular formula is C21H24F5N3O2S. The smallest absolute Gasteiger partial charge is 0.326 e. The zero-order chi connectivity index (χ0) is 24.1. The maximum atomic E-state index is 14.0. The molecule has 5 nitrogen and oxygen atoms in total. The molecule has 0 aliphatic heterocycles. The highest BCUT2D eigenvalue weighted by molar-refractivity contribution is 7.91. The Balaban J connectivity index is 2.02. The number of rotatable bonds is 8. The molecule has 11 heteroatoms. The molecule has 1 fully saturated rings. The summed E-state index contributed by atoms with van der Waals surface area (Å²) in [6, 6.07) is 1.56. The van der Waals surface area contributed by atoms with Crippen LogP contribution >= 0.6 is 0 Å². The number of nitrogens with zero attached hydrogens (tertiary/aromatic N) is 3. The van der Waals surface area contributed by atoms with Gasteiger partial charge in [0.25, 0.3) is 0 Å². The first-order chi connectivity index (χ1) is 14.6. The van der Waals surface area contributed by atoms with E-state index in [0.29, 0.717) is 19.9 Å². The Labute approximate surface area is 183 Å². The second-order valence-corrected chi connectivity index (χ2v) is 10.6. The van der Waals surface area contributed by atoms with Crippen LogP contribution in [0.15, 0.2) is 29.4 Å². The van der Waals surface area contributed by atoms with Gasteiger partial charge in [0.05, 0.1) is 22.5 Å². The minimum Gasteiger partial charge on any atom is -0.326 e. The van der Waals surface area contributed by atoms with Crippen molar-refractivity contribution in [2.75, 3.05) is 5.75 Å². The van der Waals surface area contributed by atoms with E-state index in [2.05, 4.69) is 9.97 Å². The Kier molecular flexibility index (Phi) is 6.03. The molecule has 0 radical (unpaired) electrons. The standard InChI is InChI=1S/C21H24F5N3O2S/c1-5-32(30,31)16-10-14(13-6-7-13)11-27-17(16)18-28-12-15(29(18)4)8-9-20(23,24)21(25,26)19(2,3)22/h8-13H,5-7H2,1-4H3/b9-8+. The number of hydrogen-bond donors (Lipinski definition) is 0. The van der Waals surface area contributed by atoms with Gasteiger partial charge in [0.2, 0.25) is 0 Å². The molecule has 32 heavy (non-hydrogen) atoms. The van der Waals surface area contributed by atoms with Crippen LogP contribution in [0.2, 0.25) is 0 Å². The number of pyridine rings is 1. The molecule has 0 amide bonds. The fourth-order valence-electron chi connectivity index (χ4n) is 3.15. The number of hydrogen-bond acceptors (Lipinski definition) is 4. The summed E-state index contributed by atoms with van der Waals surface area (Å²) in [6.07, 6.45) is 5.19. The SMILES string of the molecule is CCS(=O)(=O)c1cc(C2CC2)cnc1-c1ncc(/C=C/C(F)(F)C(F)(F)C(C)(C)F)n1C. The summed E-state index contributed by atoms with van der Waals surface area (Å²) in [5, 5.41) is 0. The fourth-order valence-corrected chi connectivity index (χ4v) is 4.21. The number of sulfone groups is 1. The van der Waals surface area contributed by atoms with Crippen LogP contribution in [-0.4, -0.2) is 46.2 Å². The van der Waals surface area contributed by atoms with Crippen LogP contribution in [0, 0.1) is 0 Å². The van der Waals surface area contributed by atoms with Crippen molar-refractivity contribution < 1.29 is 30.4 Å². The van der Waals surface area contributed by atoms with E-state index in [4.69, 9.17) is 0 Å². The predicted octanol–water partition coefficient (Wildman–Crippen LogP) is 5.19. The molecule has 0 unspecified atom stereocenters. The lowest BCUT2D eigenvalue weighted by molar-refractivity contribution is -0.240. The molecule has 0 spiro atoms. The van der Waals surface area contributed by atoms with E-state index < -0.39 is 27.4 Å². The molecule has 0 bridgehead atoms. The van der Waals surface area contributed by atoms with Gasteiger partial charge in [-0.25, -0.2) is 17.8 Å². The fraction of sp³-hybridized carbons (Fsp3) is 0.524. The summed E-state index contributed by atoms with van der Waals surface area (Å²) in [5.74, 6) is -9.56. The zero-order valence-electron chi connectivity index (χ0n) is 18.0. The topological polar surface area (TPSA) is 64.8 Å². The van der Waals surface area contributed by atoms with E-state index >= 15 is 0 Å². The summed E-state index contributed by atoms with van der Waals surface area (Å²) in [4.78, 5) is 8.33. The molecule has 1 aliphatic rings. The Morgan fingerprint density at radius 2 is 1.75 bits per heavy atom. The van der Waals surface area contributed by atoms with Crippen LogP contribution in [0.3, 0.4) is 0 Å². The number of halogens is 5. The second kappa shape index (κ2) is 7.93. The van der Waals surface area contributed by atoms with Crippen molar-refractivity contribution in [2.45, 2.75) is 61.9 Å². The van der Waals surface area contributed by atoms with Gasteiger partial charge in [-0.2, -0.15) is 17.6 Å². The summed E-state index contributed by atoms with van der Waals surface area (Å²) in [7, 11) is -2.27. The van der Waals surface area contributed by atoms with Gasteiger partial charge in [-0.15, -0.1) is 0 Å². The number of alkyl halides is 5. The van der Waals surface area contributed by atoms with Crippen LogP contribution in [-0.2, 0) is 16.9 Å². The highest BCUT2D eigenvalue weighted by Gasteiger charge is 2.64. The largest absolute Gasteiger partial charge is 0.346 e. The van der Waals surface area contributed by atoms with Crippen molar-refractivity contribution in [2.24, 2.45) is 7.05 Å². The average Bonchev–Trinajstić information content (AvgIpc) is 3.48. The van der Waals surface area contributed by atoms with E-state index in [1.54, 1.807) is 12.3 Å². The predicted molar refractivity (Wildman–Crippen MR) is 110 cm³/mol. The van der Waals surface area contributed by atoms with Crippen molar-refractivity contribution in [3.8, 4) is 11.5 Å². The van der Waals surface area contributed by atoms with Gasteiger partial charge in [-0.1, -0.05) is 6.92 Å². The highest BCUT2D eigenvalue weighted by Crippen LogP contribution is 2.45. The Morgan fingerprint density at radius 3 is 2.28 bits per heavy atom. The van der Waals surface area contributed by atoms with Crippen molar-refractivity contribution in [1.29, 1.82) is 0 Å². The van der Waals surface area contributed by atoms with Gasteiger partial charge in [-0.3, -0.25) is 4.98 Å². The van der Waals surface area contributed by atoms with Gasteiger partial charge in [0.1, 0.15) is 5.69 Å². The zero-order valence-corrected chi connectivity index (χ0v) is 18.9. The van der Waals surface area contributed by atoms with E-state index in [1.807, 2.05) is 0 Å². The molecular weight excluding hydrogens is 453 g/mol. The average molecular weight is 477 g/mol. The van der Waals surface area contributed by atoms with Crippen LogP contribution in [0.4, 0.5) is 22.0 Å². The molecule has 1 aliphatic carbocycles. The van der Waals surface area contributed by atoms with Crippen LogP contribution in [0.25, 0.3) is 17.6 Å². The lowest BCUT2D eigenvalue weighted by Crippen LogP contribution is -2.52. The van der Waals surface area contributed by atoms with Gasteiger partial charge in [0, 0.05) is 13.2 Å². The molecule has 2 aromatic rings. The maximum Gasteiger partial charge on any atom is 0.346 e. The first-order valence-corrected chi connectivity index (χ1v) is 11.7. The van der Waals surface area contributed by atoms with Gasteiger partial charge >= 0.3 is 11.8 Å². The van der Waals surface area contributed by atoms with E-state index in [9.17, 15) is 30.4 Å². The van der Waals surface area contributed by atoms with Crippen LogP contribution in [0.1, 0.15) is 50.8 Å². The summed E-state index contributed by atoms with van der Waals surface area (Å²) in [6.45, 7) is 2.25. The summed E-state index contributed by atoms with van der Waals surface area (Å²) >= 11 is 0. The quantitative estimate of drug-likeness (QED) is 0.491. The Bertz CT molecular complexity index is 1150. The highest BCUT2D eigenvalue weighted by atomic mass is 32.2. The van der Waals surface area contributed by atoms with Crippen molar-refractivity contribution in [3.63, 3.8) is 0 Å². The molecule has 0 saturated heterocycles. The van der Waals surface area contributed by atoms with Gasteiger partial charge < -0.3 is 4.57 Å².